The lowest BCUT2D eigenvalue weighted by Crippen LogP contribution is -1.86. The smallest absolute Gasteiger partial charge is 0.134 e. The zero-order chi connectivity index (χ0) is 14.5. The Hall–Kier alpha value is -2.74. The molecule has 0 aliphatic carbocycles. The molecule has 0 aliphatic rings. The van der Waals surface area contributed by atoms with Crippen molar-refractivity contribution in [2.45, 2.75) is 0 Å². The van der Waals surface area contributed by atoms with E-state index in [1.54, 1.807) is 7.11 Å². The van der Waals surface area contributed by atoms with E-state index < -0.39 is 0 Å². The van der Waals surface area contributed by atoms with Crippen LogP contribution in [0.2, 0.25) is 0 Å². The van der Waals surface area contributed by atoms with Crippen LogP contribution in [0, 0.1) is 0 Å². The Kier molecular flexibility index (Phi) is 3.88. The fraction of sp³-hybridized carbons (Fsp3) is 0.0526. The second kappa shape index (κ2) is 6.14. The summed E-state index contributed by atoms with van der Waals surface area (Å²) in [7, 11) is 1.67. The van der Waals surface area contributed by atoms with Gasteiger partial charge in [-0.2, -0.15) is 0 Å². The van der Waals surface area contributed by atoms with E-state index >= 15 is 0 Å². The third-order valence-electron chi connectivity index (χ3n) is 3.24. The Bertz CT molecular complexity index is 725. The summed E-state index contributed by atoms with van der Waals surface area (Å²) in [6.07, 6.45) is 1.90. The zero-order valence-corrected chi connectivity index (χ0v) is 11.8. The number of methoxy groups -OCH3 is 1. The van der Waals surface area contributed by atoms with Crippen molar-refractivity contribution in [3.8, 4) is 11.3 Å². The summed E-state index contributed by atoms with van der Waals surface area (Å²) in [6.45, 7) is 0. The molecule has 0 unspecified atom stereocenters. The fourth-order valence-corrected chi connectivity index (χ4v) is 2.18. The Morgan fingerprint density at radius 2 is 1.52 bits per heavy atom. The molecule has 0 aliphatic heterocycles. The molecular formula is C19H16O2. The SMILES string of the molecule is CO/C(=C\c1ccc(-c2ccccc2)o1)c1ccccc1. The number of hydrogen-bond acceptors (Lipinski definition) is 2. The van der Waals surface area contributed by atoms with Crippen LogP contribution in [0.15, 0.2) is 77.2 Å². The molecule has 2 aromatic carbocycles. The molecule has 21 heavy (non-hydrogen) atoms. The number of furan rings is 1. The standard InChI is InChI=1S/C19H16O2/c1-20-19(16-10-6-3-7-11-16)14-17-12-13-18(21-17)15-8-4-2-5-9-15/h2-14H,1H3/b19-14-. The minimum Gasteiger partial charge on any atom is -0.496 e. The van der Waals surface area contributed by atoms with E-state index in [2.05, 4.69) is 0 Å². The number of hydrogen-bond donors (Lipinski definition) is 0. The fourth-order valence-electron chi connectivity index (χ4n) is 2.18. The highest BCUT2D eigenvalue weighted by Gasteiger charge is 2.05. The van der Waals surface area contributed by atoms with Crippen LogP contribution in [0.5, 0.6) is 0 Å². The van der Waals surface area contributed by atoms with Crippen LogP contribution in [0.1, 0.15) is 11.3 Å². The largest absolute Gasteiger partial charge is 0.496 e. The lowest BCUT2D eigenvalue weighted by molar-refractivity contribution is 0.372. The molecule has 3 aromatic rings. The Morgan fingerprint density at radius 1 is 0.857 bits per heavy atom. The summed E-state index contributed by atoms with van der Waals surface area (Å²) in [5.74, 6) is 2.41. The van der Waals surface area contributed by atoms with Crippen molar-refractivity contribution in [1.29, 1.82) is 0 Å². The number of ether oxygens (including phenoxy) is 1. The van der Waals surface area contributed by atoms with E-state index in [4.69, 9.17) is 9.15 Å². The molecular weight excluding hydrogens is 260 g/mol. The first-order valence-corrected chi connectivity index (χ1v) is 6.83. The highest BCUT2D eigenvalue weighted by atomic mass is 16.5. The van der Waals surface area contributed by atoms with E-state index in [0.29, 0.717) is 0 Å². The molecule has 3 rings (SSSR count). The van der Waals surface area contributed by atoms with Gasteiger partial charge in [-0.15, -0.1) is 0 Å². The summed E-state index contributed by atoms with van der Waals surface area (Å²) in [5, 5.41) is 0. The molecule has 0 spiro atoms. The van der Waals surface area contributed by atoms with E-state index in [1.807, 2.05) is 78.9 Å². The van der Waals surface area contributed by atoms with Gasteiger partial charge < -0.3 is 9.15 Å². The normalized spacial score (nSPS) is 11.4. The van der Waals surface area contributed by atoms with Gasteiger partial charge in [-0.3, -0.25) is 0 Å². The minimum absolute atomic E-state index is 0.773. The molecule has 0 atom stereocenters. The van der Waals surface area contributed by atoms with Gasteiger partial charge in [-0.25, -0.2) is 0 Å². The highest BCUT2D eigenvalue weighted by Crippen LogP contribution is 2.25. The molecule has 2 heteroatoms. The zero-order valence-electron chi connectivity index (χ0n) is 11.8. The van der Waals surface area contributed by atoms with Crippen molar-refractivity contribution in [3.05, 3.63) is 84.1 Å². The lowest BCUT2D eigenvalue weighted by Gasteiger charge is -2.05. The van der Waals surface area contributed by atoms with Crippen LogP contribution in [0.4, 0.5) is 0 Å². The first-order chi connectivity index (χ1) is 10.4. The summed E-state index contributed by atoms with van der Waals surface area (Å²) in [4.78, 5) is 0. The molecule has 0 fully saturated rings. The molecule has 0 saturated carbocycles. The van der Waals surface area contributed by atoms with Crippen LogP contribution in [0.25, 0.3) is 23.2 Å². The van der Waals surface area contributed by atoms with Gasteiger partial charge in [-0.1, -0.05) is 60.7 Å². The minimum atomic E-state index is 0.773. The second-order valence-corrected chi connectivity index (χ2v) is 4.65. The van der Waals surface area contributed by atoms with Crippen LogP contribution in [-0.4, -0.2) is 7.11 Å². The predicted octanol–water partition coefficient (Wildman–Crippen LogP) is 5.09. The van der Waals surface area contributed by atoms with Crippen molar-refractivity contribution in [1.82, 2.24) is 0 Å². The molecule has 1 aromatic heterocycles. The van der Waals surface area contributed by atoms with E-state index in [-0.39, 0.29) is 0 Å². The van der Waals surface area contributed by atoms with Gasteiger partial charge in [0.05, 0.1) is 7.11 Å². The number of rotatable bonds is 4. The molecule has 0 bridgehead atoms. The maximum Gasteiger partial charge on any atom is 0.134 e. The average molecular weight is 276 g/mol. The summed E-state index contributed by atoms with van der Waals surface area (Å²) in [5.41, 5.74) is 2.09. The quantitative estimate of drug-likeness (QED) is 0.619. The van der Waals surface area contributed by atoms with Crippen molar-refractivity contribution in [2.24, 2.45) is 0 Å². The van der Waals surface area contributed by atoms with Crippen molar-refractivity contribution >= 4 is 11.8 Å². The third-order valence-corrected chi connectivity index (χ3v) is 3.24. The molecule has 104 valence electrons. The second-order valence-electron chi connectivity index (χ2n) is 4.65. The molecule has 0 saturated heterocycles. The maximum absolute atomic E-state index is 5.87. The first kappa shape index (κ1) is 13.3. The van der Waals surface area contributed by atoms with Crippen molar-refractivity contribution in [2.75, 3.05) is 7.11 Å². The monoisotopic (exact) mass is 276 g/mol. The van der Waals surface area contributed by atoms with Gasteiger partial charge in [0.15, 0.2) is 0 Å². The van der Waals surface area contributed by atoms with E-state index in [1.165, 1.54) is 0 Å². The Labute approximate surface area is 124 Å². The topological polar surface area (TPSA) is 22.4 Å². The van der Waals surface area contributed by atoms with Gasteiger partial charge in [0.1, 0.15) is 17.3 Å². The molecule has 2 nitrogen and oxygen atoms in total. The van der Waals surface area contributed by atoms with Gasteiger partial charge in [-0.05, 0) is 12.1 Å². The number of benzene rings is 2. The van der Waals surface area contributed by atoms with Crippen LogP contribution in [0.3, 0.4) is 0 Å². The summed E-state index contributed by atoms with van der Waals surface area (Å²) >= 11 is 0. The van der Waals surface area contributed by atoms with Gasteiger partial charge in [0.25, 0.3) is 0 Å². The molecule has 0 radical (unpaired) electrons. The third kappa shape index (κ3) is 3.06. The van der Waals surface area contributed by atoms with Crippen LogP contribution < -0.4 is 0 Å². The van der Waals surface area contributed by atoms with E-state index in [0.717, 1.165) is 28.4 Å². The highest BCUT2D eigenvalue weighted by molar-refractivity contribution is 5.76. The van der Waals surface area contributed by atoms with Gasteiger partial charge in [0, 0.05) is 17.2 Å². The molecule has 0 amide bonds. The van der Waals surface area contributed by atoms with Gasteiger partial charge >= 0.3 is 0 Å². The van der Waals surface area contributed by atoms with Gasteiger partial charge in [0.2, 0.25) is 0 Å². The van der Waals surface area contributed by atoms with Crippen LogP contribution in [-0.2, 0) is 4.74 Å². The average Bonchev–Trinajstić information content (AvgIpc) is 3.03. The summed E-state index contributed by atoms with van der Waals surface area (Å²) in [6, 6.07) is 23.9. The lowest BCUT2D eigenvalue weighted by atomic mass is 10.1. The molecule has 0 N–H and O–H groups in total. The molecule has 1 heterocycles. The Balaban J connectivity index is 1.91. The predicted molar refractivity (Wildman–Crippen MR) is 85.5 cm³/mol. The van der Waals surface area contributed by atoms with Crippen molar-refractivity contribution < 1.29 is 9.15 Å². The maximum atomic E-state index is 5.87. The van der Waals surface area contributed by atoms with Crippen molar-refractivity contribution in [3.63, 3.8) is 0 Å². The summed E-state index contributed by atoms with van der Waals surface area (Å²) < 4.78 is 11.3. The van der Waals surface area contributed by atoms with E-state index in [9.17, 15) is 0 Å². The first-order valence-electron chi connectivity index (χ1n) is 6.83. The Morgan fingerprint density at radius 3 is 2.19 bits per heavy atom. The van der Waals surface area contributed by atoms with Crippen LogP contribution >= 0.6 is 0 Å².